The van der Waals surface area contributed by atoms with Crippen molar-refractivity contribution in [3.63, 3.8) is 0 Å². The van der Waals surface area contributed by atoms with Crippen LogP contribution in [0.4, 0.5) is 0 Å². The van der Waals surface area contributed by atoms with Crippen molar-refractivity contribution in [1.82, 2.24) is 0 Å². The summed E-state index contributed by atoms with van der Waals surface area (Å²) in [5, 5.41) is 10.5. The summed E-state index contributed by atoms with van der Waals surface area (Å²) < 4.78 is 68.0. The third-order valence-corrected chi connectivity index (χ3v) is 17.4. The van der Waals surface area contributed by atoms with Crippen LogP contribution in [-0.2, 0) is 65.4 Å². The molecule has 5 atom stereocenters. The van der Waals surface area contributed by atoms with Gasteiger partial charge in [-0.1, -0.05) is 286 Å². The molecule has 17 nitrogen and oxygen atoms in total. The van der Waals surface area contributed by atoms with E-state index in [9.17, 15) is 43.2 Å². The van der Waals surface area contributed by atoms with Gasteiger partial charge in [0.05, 0.1) is 26.4 Å². The maximum Gasteiger partial charge on any atom is 0.472 e. The lowest BCUT2D eigenvalue weighted by Crippen LogP contribution is -2.30. The second kappa shape index (κ2) is 59.4. The van der Waals surface area contributed by atoms with Crippen LogP contribution in [0.1, 0.15) is 337 Å². The Kier molecular flexibility index (Phi) is 58.0. The van der Waals surface area contributed by atoms with Gasteiger partial charge in [0, 0.05) is 25.7 Å². The smallest absolute Gasteiger partial charge is 0.462 e. The maximum atomic E-state index is 13.0. The van der Waals surface area contributed by atoms with Gasteiger partial charge in [-0.15, -0.1) is 0 Å². The first-order chi connectivity index (χ1) is 41.4. The van der Waals surface area contributed by atoms with Gasteiger partial charge in [-0.05, 0) is 37.5 Å². The van der Waals surface area contributed by atoms with Crippen molar-refractivity contribution in [1.29, 1.82) is 0 Å². The predicted octanol–water partition coefficient (Wildman–Crippen LogP) is 18.8. The lowest BCUT2D eigenvalue weighted by Gasteiger charge is -2.21. The first-order valence-electron chi connectivity index (χ1n) is 35.0. The van der Waals surface area contributed by atoms with Crippen molar-refractivity contribution in [3.8, 4) is 0 Å². The lowest BCUT2D eigenvalue weighted by atomic mass is 10.0. The van der Waals surface area contributed by atoms with Crippen LogP contribution in [0.2, 0.25) is 0 Å². The number of hydrogen-bond donors (Lipinski definition) is 3. The molecule has 0 spiro atoms. The molecular formula is C67H130O17P2. The quantitative estimate of drug-likeness (QED) is 0.0222. The van der Waals surface area contributed by atoms with Crippen LogP contribution in [-0.4, -0.2) is 96.7 Å². The number of hydrogen-bond acceptors (Lipinski definition) is 15. The van der Waals surface area contributed by atoms with E-state index in [1.54, 1.807) is 0 Å². The molecule has 0 fully saturated rings. The molecule has 86 heavy (non-hydrogen) atoms. The maximum absolute atomic E-state index is 13.0. The van der Waals surface area contributed by atoms with Crippen LogP contribution in [0, 0.1) is 11.8 Å². The number of unbranched alkanes of at least 4 members (excludes halogenated alkanes) is 36. The van der Waals surface area contributed by atoms with E-state index >= 15 is 0 Å². The van der Waals surface area contributed by atoms with Gasteiger partial charge in [0.25, 0.3) is 0 Å². The standard InChI is InChI=1S/C67H130O17P2/c1-7-9-11-13-15-31-37-43-49-64(69)77-55-62(83-66(71)51-45-39-32-16-14-12-10-8-2)57-81-85(73,74)79-53-61(68)54-80-86(75,76)82-58-63(56-78-65(70)50-44-38-33-27-24-20-22-26-30-36-42-48-60(5)6)84-67(72)52-46-40-34-28-23-19-17-18-21-25-29-35-41-47-59(3)4/h59-63,68H,7-58H2,1-6H3,(H,73,74)(H,75,76)/t61-,62+,63+/m0/s1. The molecule has 2 unspecified atom stereocenters. The molecule has 0 aromatic heterocycles. The van der Waals surface area contributed by atoms with E-state index in [0.717, 1.165) is 115 Å². The molecule has 0 aliphatic carbocycles. The Labute approximate surface area is 524 Å². The monoisotopic (exact) mass is 1270 g/mol. The zero-order valence-corrected chi connectivity index (χ0v) is 57.4. The fourth-order valence-corrected chi connectivity index (χ4v) is 11.6. The third-order valence-electron chi connectivity index (χ3n) is 15.5. The van der Waals surface area contributed by atoms with E-state index in [2.05, 4.69) is 41.5 Å². The molecule has 0 bridgehead atoms. The molecule has 0 amide bonds. The van der Waals surface area contributed by atoms with Gasteiger partial charge in [-0.25, -0.2) is 9.13 Å². The van der Waals surface area contributed by atoms with Crippen LogP contribution in [0.25, 0.3) is 0 Å². The minimum absolute atomic E-state index is 0.105. The summed E-state index contributed by atoms with van der Waals surface area (Å²) in [4.78, 5) is 72.2. The van der Waals surface area contributed by atoms with Crippen LogP contribution < -0.4 is 0 Å². The second-order valence-corrected chi connectivity index (χ2v) is 28.1. The molecule has 0 aromatic rings. The van der Waals surface area contributed by atoms with Gasteiger partial charge >= 0.3 is 39.5 Å². The molecule has 0 rings (SSSR count). The van der Waals surface area contributed by atoms with Crippen molar-refractivity contribution in [2.45, 2.75) is 355 Å². The number of phosphoric acid groups is 2. The molecule has 510 valence electrons. The SMILES string of the molecule is CCCCCCCCCCC(=O)OC[C@H](COP(=O)(O)OC[C@H](O)COP(=O)(O)OC[C@@H](COC(=O)CCCCCCCCCCCCCC(C)C)OC(=O)CCCCCCCCCCCCCCCC(C)C)OC(=O)CCCCCCCCCC. The zero-order chi connectivity index (χ0) is 63.6. The lowest BCUT2D eigenvalue weighted by molar-refractivity contribution is -0.161. The number of aliphatic hydroxyl groups is 1. The summed E-state index contributed by atoms with van der Waals surface area (Å²) in [6, 6.07) is 0. The topological polar surface area (TPSA) is 237 Å². The minimum atomic E-state index is -4.95. The molecule has 0 aliphatic heterocycles. The van der Waals surface area contributed by atoms with E-state index in [-0.39, 0.29) is 25.7 Å². The van der Waals surface area contributed by atoms with Crippen molar-refractivity contribution in [2.24, 2.45) is 11.8 Å². The van der Waals surface area contributed by atoms with Gasteiger partial charge in [0.1, 0.15) is 19.3 Å². The van der Waals surface area contributed by atoms with Gasteiger partial charge < -0.3 is 33.8 Å². The third kappa shape index (κ3) is 60.9. The number of ether oxygens (including phenoxy) is 4. The van der Waals surface area contributed by atoms with Crippen molar-refractivity contribution >= 4 is 39.5 Å². The van der Waals surface area contributed by atoms with E-state index in [0.29, 0.717) is 25.7 Å². The van der Waals surface area contributed by atoms with Gasteiger partial charge in [-0.2, -0.15) is 0 Å². The number of esters is 4. The highest BCUT2D eigenvalue weighted by molar-refractivity contribution is 7.47. The van der Waals surface area contributed by atoms with Gasteiger partial charge in [0.2, 0.25) is 0 Å². The molecule has 0 heterocycles. The Balaban J connectivity index is 5.20. The molecule has 0 saturated carbocycles. The van der Waals surface area contributed by atoms with E-state index < -0.39 is 97.5 Å². The first-order valence-corrected chi connectivity index (χ1v) is 38.0. The Morgan fingerprint density at radius 3 is 0.791 bits per heavy atom. The molecule has 19 heteroatoms. The second-order valence-electron chi connectivity index (χ2n) is 25.2. The Morgan fingerprint density at radius 1 is 0.314 bits per heavy atom. The molecule has 3 N–H and O–H groups in total. The molecule has 0 saturated heterocycles. The van der Waals surface area contributed by atoms with Gasteiger partial charge in [-0.3, -0.25) is 37.3 Å². The van der Waals surface area contributed by atoms with Crippen LogP contribution in [0.3, 0.4) is 0 Å². The van der Waals surface area contributed by atoms with Crippen molar-refractivity contribution in [3.05, 3.63) is 0 Å². The molecule has 0 aliphatic rings. The predicted molar refractivity (Wildman–Crippen MR) is 345 cm³/mol. The van der Waals surface area contributed by atoms with E-state index in [1.165, 1.54) is 141 Å². The highest BCUT2D eigenvalue weighted by Gasteiger charge is 2.30. The number of carbonyl (C=O) groups is 4. The number of phosphoric ester groups is 2. The summed E-state index contributed by atoms with van der Waals surface area (Å²) in [6.07, 6.45) is 43.1. The van der Waals surface area contributed by atoms with E-state index in [1.807, 2.05) is 0 Å². The summed E-state index contributed by atoms with van der Waals surface area (Å²) in [7, 11) is -9.89. The van der Waals surface area contributed by atoms with Crippen molar-refractivity contribution < 1.29 is 80.2 Å². The Bertz CT molecular complexity index is 1680. The number of aliphatic hydroxyl groups excluding tert-OH is 1. The van der Waals surface area contributed by atoms with Crippen LogP contribution in [0.15, 0.2) is 0 Å². The summed E-state index contributed by atoms with van der Waals surface area (Å²) >= 11 is 0. The highest BCUT2D eigenvalue weighted by atomic mass is 31.2. The number of rotatable bonds is 66. The highest BCUT2D eigenvalue weighted by Crippen LogP contribution is 2.45. The Hall–Kier alpha value is -1.94. The Morgan fingerprint density at radius 2 is 0.535 bits per heavy atom. The molecule has 0 aromatic carbocycles. The summed E-state index contributed by atoms with van der Waals surface area (Å²) in [5.41, 5.74) is 0. The summed E-state index contributed by atoms with van der Waals surface area (Å²) in [6.45, 7) is 9.49. The minimum Gasteiger partial charge on any atom is -0.462 e. The van der Waals surface area contributed by atoms with Crippen LogP contribution in [0.5, 0.6) is 0 Å². The van der Waals surface area contributed by atoms with Crippen molar-refractivity contribution in [2.75, 3.05) is 39.6 Å². The van der Waals surface area contributed by atoms with Crippen LogP contribution >= 0.6 is 15.6 Å². The fraction of sp³-hybridized carbons (Fsp3) is 0.940. The van der Waals surface area contributed by atoms with E-state index in [4.69, 9.17) is 37.0 Å². The fourth-order valence-electron chi connectivity index (χ4n) is 10.1. The molecular weight excluding hydrogens is 1140 g/mol. The first kappa shape index (κ1) is 84.1. The normalized spacial score (nSPS) is 14.2. The zero-order valence-electron chi connectivity index (χ0n) is 55.6. The largest absolute Gasteiger partial charge is 0.472 e. The average Bonchev–Trinajstić information content (AvgIpc) is 3.66. The van der Waals surface area contributed by atoms with Gasteiger partial charge in [0.15, 0.2) is 12.2 Å². The summed E-state index contributed by atoms with van der Waals surface area (Å²) in [5.74, 6) is -0.575. The average molecular weight is 1270 g/mol. The molecule has 0 radical (unpaired) electrons. The number of carbonyl (C=O) groups excluding carboxylic acids is 4.